The summed E-state index contributed by atoms with van der Waals surface area (Å²) >= 11 is 0. The number of anilines is 2. The van der Waals surface area contributed by atoms with Crippen LogP contribution in [0.3, 0.4) is 0 Å². The fourth-order valence-corrected chi connectivity index (χ4v) is 4.00. The average molecular weight is 393 g/mol. The van der Waals surface area contributed by atoms with E-state index in [1.54, 1.807) is 6.92 Å². The summed E-state index contributed by atoms with van der Waals surface area (Å²) in [4.78, 5) is 39.4. The highest BCUT2D eigenvalue weighted by Crippen LogP contribution is 2.20. The largest absolute Gasteiger partial charge is 0.368 e. The van der Waals surface area contributed by atoms with Gasteiger partial charge < -0.3 is 14.7 Å². The van der Waals surface area contributed by atoms with Crippen molar-refractivity contribution in [2.24, 2.45) is 0 Å². The quantitative estimate of drug-likeness (QED) is 0.744. The molecule has 1 aromatic carbocycles. The van der Waals surface area contributed by atoms with Crippen LogP contribution in [-0.2, 0) is 0 Å². The van der Waals surface area contributed by atoms with Gasteiger partial charge in [-0.15, -0.1) is 0 Å². The average Bonchev–Trinajstić information content (AvgIpc) is 2.79. The van der Waals surface area contributed by atoms with Crippen LogP contribution in [0.5, 0.6) is 0 Å². The third kappa shape index (κ3) is 4.39. The smallest absolute Gasteiger partial charge is 0.272 e. The second kappa shape index (κ2) is 8.59. The molecule has 2 fully saturated rings. The van der Waals surface area contributed by atoms with Crippen molar-refractivity contribution in [1.29, 1.82) is 0 Å². The van der Waals surface area contributed by atoms with E-state index in [0.29, 0.717) is 18.8 Å². The molecule has 1 aromatic heterocycles. The van der Waals surface area contributed by atoms with Crippen molar-refractivity contribution in [3.8, 4) is 0 Å². The molecule has 2 aliphatic heterocycles. The molecule has 0 N–H and O–H groups in total. The Morgan fingerprint density at radius 2 is 1.52 bits per heavy atom. The summed E-state index contributed by atoms with van der Waals surface area (Å²) in [7, 11) is 0. The van der Waals surface area contributed by atoms with Gasteiger partial charge in [0.1, 0.15) is 17.8 Å². The zero-order chi connectivity index (χ0) is 20.2. The number of hydrogen-bond acceptors (Lipinski definition) is 6. The lowest BCUT2D eigenvalue weighted by atomic mass is 10.1. The number of rotatable bonds is 4. The maximum absolute atomic E-state index is 13.0. The molecule has 2 aliphatic rings. The van der Waals surface area contributed by atoms with Crippen LogP contribution < -0.4 is 9.80 Å². The predicted octanol–water partition coefficient (Wildman–Crippen LogP) is 2.63. The van der Waals surface area contributed by atoms with Gasteiger partial charge in [-0.1, -0.05) is 0 Å². The van der Waals surface area contributed by atoms with Gasteiger partial charge in [-0.05, 0) is 50.5 Å². The molecule has 0 radical (unpaired) electrons. The number of aromatic nitrogens is 2. The van der Waals surface area contributed by atoms with Gasteiger partial charge in [0.15, 0.2) is 5.78 Å². The molecule has 4 rings (SSSR count). The maximum atomic E-state index is 13.0. The van der Waals surface area contributed by atoms with Crippen molar-refractivity contribution in [2.45, 2.75) is 26.2 Å². The molecule has 0 bridgehead atoms. The van der Waals surface area contributed by atoms with Gasteiger partial charge in [0.25, 0.3) is 5.91 Å². The van der Waals surface area contributed by atoms with E-state index in [9.17, 15) is 9.59 Å². The van der Waals surface area contributed by atoms with Crippen molar-refractivity contribution in [1.82, 2.24) is 14.9 Å². The van der Waals surface area contributed by atoms with E-state index in [-0.39, 0.29) is 11.7 Å². The van der Waals surface area contributed by atoms with Crippen LogP contribution in [0, 0.1) is 0 Å². The van der Waals surface area contributed by atoms with E-state index in [1.165, 1.54) is 25.6 Å². The SMILES string of the molecule is CC(=O)c1ccc(N2CCN(C(=O)c3cc(N4CCCCC4)ncn3)CC2)cc1. The molecule has 7 heteroatoms. The monoisotopic (exact) mass is 393 g/mol. The van der Waals surface area contributed by atoms with Gasteiger partial charge in [-0.3, -0.25) is 9.59 Å². The van der Waals surface area contributed by atoms with Crippen LogP contribution >= 0.6 is 0 Å². The zero-order valence-electron chi connectivity index (χ0n) is 16.9. The van der Waals surface area contributed by atoms with E-state index in [1.807, 2.05) is 35.2 Å². The van der Waals surface area contributed by atoms with Crippen molar-refractivity contribution in [2.75, 3.05) is 49.1 Å². The minimum absolute atomic E-state index is 0.0303. The highest BCUT2D eigenvalue weighted by Gasteiger charge is 2.24. The molecule has 29 heavy (non-hydrogen) atoms. The molecule has 1 amide bonds. The first-order valence-electron chi connectivity index (χ1n) is 10.3. The minimum Gasteiger partial charge on any atom is -0.368 e. The van der Waals surface area contributed by atoms with Crippen molar-refractivity contribution in [3.05, 3.63) is 47.9 Å². The summed E-state index contributed by atoms with van der Waals surface area (Å²) in [6.45, 7) is 6.37. The van der Waals surface area contributed by atoms with E-state index in [0.717, 1.165) is 43.2 Å². The number of carbonyl (C=O) groups excluding carboxylic acids is 2. The number of carbonyl (C=O) groups is 2. The molecule has 152 valence electrons. The van der Waals surface area contributed by atoms with E-state index >= 15 is 0 Å². The van der Waals surface area contributed by atoms with Crippen LogP contribution in [0.4, 0.5) is 11.5 Å². The van der Waals surface area contributed by atoms with E-state index in [4.69, 9.17) is 0 Å². The van der Waals surface area contributed by atoms with Crippen LogP contribution in [0.1, 0.15) is 47.0 Å². The Bertz CT molecular complexity index is 869. The summed E-state index contributed by atoms with van der Waals surface area (Å²) in [6.07, 6.45) is 5.10. The van der Waals surface area contributed by atoms with Gasteiger partial charge in [0.05, 0.1) is 0 Å². The van der Waals surface area contributed by atoms with Crippen molar-refractivity contribution in [3.63, 3.8) is 0 Å². The minimum atomic E-state index is -0.0303. The first kappa shape index (κ1) is 19.4. The summed E-state index contributed by atoms with van der Waals surface area (Å²) in [5.41, 5.74) is 2.27. The molecule has 0 saturated carbocycles. The molecular weight excluding hydrogens is 366 g/mol. The van der Waals surface area contributed by atoms with Crippen molar-refractivity contribution < 1.29 is 9.59 Å². The van der Waals surface area contributed by atoms with E-state index in [2.05, 4.69) is 19.8 Å². The fourth-order valence-electron chi connectivity index (χ4n) is 4.00. The second-order valence-electron chi connectivity index (χ2n) is 7.69. The van der Waals surface area contributed by atoms with Crippen LogP contribution in [-0.4, -0.2) is 65.8 Å². The number of piperazine rings is 1. The maximum Gasteiger partial charge on any atom is 0.272 e. The van der Waals surface area contributed by atoms with Gasteiger partial charge in [0, 0.05) is 56.6 Å². The summed E-state index contributed by atoms with van der Waals surface area (Å²) < 4.78 is 0. The van der Waals surface area contributed by atoms with Crippen LogP contribution in [0.15, 0.2) is 36.7 Å². The molecular formula is C22H27N5O2. The first-order chi connectivity index (χ1) is 14.1. The summed E-state index contributed by atoms with van der Waals surface area (Å²) in [5.74, 6) is 0.894. The third-order valence-electron chi connectivity index (χ3n) is 5.76. The van der Waals surface area contributed by atoms with Gasteiger partial charge in [0.2, 0.25) is 0 Å². The number of Topliss-reactive ketones (excluding diaryl/α,β-unsaturated/α-hetero) is 1. The number of nitrogens with zero attached hydrogens (tertiary/aromatic N) is 5. The molecule has 0 spiro atoms. The Morgan fingerprint density at radius 3 is 2.17 bits per heavy atom. The Morgan fingerprint density at radius 1 is 0.828 bits per heavy atom. The molecule has 0 aliphatic carbocycles. The lowest BCUT2D eigenvalue weighted by Gasteiger charge is -2.36. The molecule has 2 aromatic rings. The van der Waals surface area contributed by atoms with Gasteiger partial charge in [-0.2, -0.15) is 0 Å². The van der Waals surface area contributed by atoms with Gasteiger partial charge in [-0.25, -0.2) is 9.97 Å². The lowest BCUT2D eigenvalue weighted by molar-refractivity contribution is 0.0740. The number of piperidine rings is 1. The topological polar surface area (TPSA) is 69.6 Å². The van der Waals surface area contributed by atoms with Crippen LogP contribution in [0.2, 0.25) is 0 Å². The number of ketones is 1. The lowest BCUT2D eigenvalue weighted by Crippen LogP contribution is -2.49. The Labute approximate surface area is 171 Å². The summed E-state index contributed by atoms with van der Waals surface area (Å²) in [6, 6.07) is 9.50. The highest BCUT2D eigenvalue weighted by atomic mass is 16.2. The second-order valence-corrected chi connectivity index (χ2v) is 7.69. The zero-order valence-corrected chi connectivity index (χ0v) is 16.9. The highest BCUT2D eigenvalue weighted by molar-refractivity contribution is 5.94. The number of amides is 1. The van der Waals surface area contributed by atoms with Crippen molar-refractivity contribution >= 4 is 23.2 Å². The summed E-state index contributed by atoms with van der Waals surface area (Å²) in [5, 5.41) is 0. The van der Waals surface area contributed by atoms with E-state index < -0.39 is 0 Å². The normalized spacial score (nSPS) is 17.3. The molecule has 0 atom stereocenters. The molecule has 2 saturated heterocycles. The van der Waals surface area contributed by atoms with Gasteiger partial charge >= 0.3 is 0 Å². The molecule has 3 heterocycles. The fraction of sp³-hybridized carbons (Fsp3) is 0.455. The first-order valence-corrected chi connectivity index (χ1v) is 10.3. The van der Waals surface area contributed by atoms with Crippen LogP contribution in [0.25, 0.3) is 0 Å². The number of benzene rings is 1. The Kier molecular flexibility index (Phi) is 5.74. The predicted molar refractivity (Wildman–Crippen MR) is 113 cm³/mol. The molecule has 7 nitrogen and oxygen atoms in total. The molecule has 0 unspecified atom stereocenters. The Hall–Kier alpha value is -2.96. The number of hydrogen-bond donors (Lipinski definition) is 0. The Balaban J connectivity index is 1.38. The third-order valence-corrected chi connectivity index (χ3v) is 5.76. The standard InChI is InChI=1S/C22H27N5O2/c1-17(28)18-5-7-19(8-6-18)25-11-13-27(14-12-25)22(29)20-15-21(24-16-23-20)26-9-3-2-4-10-26/h5-8,15-16H,2-4,9-14H2,1H3.